The zero-order valence-electron chi connectivity index (χ0n) is 15.8. The molecule has 0 fully saturated rings. The van der Waals surface area contributed by atoms with Gasteiger partial charge in [-0.25, -0.2) is 4.79 Å². The second-order valence-corrected chi connectivity index (χ2v) is 5.95. The van der Waals surface area contributed by atoms with Gasteiger partial charge in [-0.15, -0.1) is 0 Å². The summed E-state index contributed by atoms with van der Waals surface area (Å²) in [6.07, 6.45) is 0. The number of amides is 3. The number of esters is 1. The van der Waals surface area contributed by atoms with Gasteiger partial charge in [0.25, 0.3) is 0 Å². The van der Waals surface area contributed by atoms with Crippen molar-refractivity contribution < 1.29 is 23.9 Å². The normalized spacial score (nSPS) is 9.96. The third-order valence-electron chi connectivity index (χ3n) is 3.75. The van der Waals surface area contributed by atoms with E-state index in [0.29, 0.717) is 17.1 Å². The smallest absolute Gasteiger partial charge is 0.337 e. The summed E-state index contributed by atoms with van der Waals surface area (Å²) in [6, 6.07) is 12.9. The quantitative estimate of drug-likeness (QED) is 0.746. The van der Waals surface area contributed by atoms with Crippen molar-refractivity contribution in [3.63, 3.8) is 0 Å². The van der Waals surface area contributed by atoms with Crippen LogP contribution < -0.4 is 15.5 Å². The lowest BCUT2D eigenvalue weighted by molar-refractivity contribution is -0.120. The number of carbonyl (C=O) groups excluding carboxylic acids is 4. The molecule has 0 unspecified atom stereocenters. The SMILES string of the molecule is COC(=O)c1cccc(N(CC(=O)Nc2ccc(NC(C)=O)cc2)C(C)=O)c1. The van der Waals surface area contributed by atoms with Gasteiger partial charge in [-0.1, -0.05) is 6.07 Å². The summed E-state index contributed by atoms with van der Waals surface area (Å²) in [5.74, 6) is -1.48. The summed E-state index contributed by atoms with van der Waals surface area (Å²) >= 11 is 0. The van der Waals surface area contributed by atoms with E-state index in [1.807, 2.05) is 0 Å². The molecule has 0 saturated carbocycles. The molecule has 0 spiro atoms. The molecule has 2 aromatic rings. The first-order valence-corrected chi connectivity index (χ1v) is 8.44. The van der Waals surface area contributed by atoms with Gasteiger partial charge in [0.05, 0.1) is 12.7 Å². The Morgan fingerprint density at radius 1 is 0.929 bits per heavy atom. The predicted octanol–water partition coefficient (Wildman–Crippen LogP) is 2.42. The standard InChI is InChI=1S/C20H21N3O5/c1-13(24)21-16-7-9-17(10-8-16)22-19(26)12-23(14(2)25)18-6-4-5-15(11-18)20(27)28-3/h4-11H,12H2,1-3H3,(H,21,24)(H,22,26). The summed E-state index contributed by atoms with van der Waals surface area (Å²) in [6.45, 7) is 2.51. The second-order valence-electron chi connectivity index (χ2n) is 5.95. The van der Waals surface area contributed by atoms with Crippen LogP contribution in [0.2, 0.25) is 0 Å². The van der Waals surface area contributed by atoms with Gasteiger partial charge in [0.2, 0.25) is 17.7 Å². The van der Waals surface area contributed by atoms with Crippen LogP contribution in [-0.4, -0.2) is 37.3 Å². The fourth-order valence-corrected chi connectivity index (χ4v) is 2.49. The lowest BCUT2D eigenvalue weighted by Gasteiger charge is -2.21. The van der Waals surface area contributed by atoms with Crippen molar-refractivity contribution in [2.75, 3.05) is 29.2 Å². The average Bonchev–Trinajstić information content (AvgIpc) is 2.66. The fourth-order valence-electron chi connectivity index (χ4n) is 2.49. The van der Waals surface area contributed by atoms with E-state index < -0.39 is 11.9 Å². The second kappa shape index (κ2) is 9.31. The van der Waals surface area contributed by atoms with Crippen LogP contribution in [0.3, 0.4) is 0 Å². The van der Waals surface area contributed by atoms with Gasteiger partial charge in [-0.05, 0) is 42.5 Å². The first-order valence-electron chi connectivity index (χ1n) is 8.44. The summed E-state index contributed by atoms with van der Waals surface area (Å²) in [5.41, 5.74) is 1.81. The number of nitrogens with zero attached hydrogens (tertiary/aromatic N) is 1. The molecule has 2 N–H and O–H groups in total. The molecule has 8 nitrogen and oxygen atoms in total. The third-order valence-corrected chi connectivity index (χ3v) is 3.75. The number of benzene rings is 2. The third kappa shape index (κ3) is 5.66. The van der Waals surface area contributed by atoms with Crippen LogP contribution in [0, 0.1) is 0 Å². The average molecular weight is 383 g/mol. The summed E-state index contributed by atoms with van der Waals surface area (Å²) in [7, 11) is 1.27. The number of hydrogen-bond donors (Lipinski definition) is 2. The van der Waals surface area contributed by atoms with E-state index in [2.05, 4.69) is 15.4 Å². The Kier molecular flexibility index (Phi) is 6.86. The van der Waals surface area contributed by atoms with E-state index in [9.17, 15) is 19.2 Å². The Bertz CT molecular complexity index is 893. The molecule has 2 aromatic carbocycles. The molecule has 2 rings (SSSR count). The molecule has 28 heavy (non-hydrogen) atoms. The van der Waals surface area contributed by atoms with Gasteiger partial charge in [0, 0.05) is 30.9 Å². The molecule has 0 radical (unpaired) electrons. The molecule has 8 heteroatoms. The molecule has 3 amide bonds. The molecule has 0 aliphatic rings. The van der Waals surface area contributed by atoms with E-state index in [0.717, 1.165) is 0 Å². The molecule has 0 saturated heterocycles. The minimum Gasteiger partial charge on any atom is -0.465 e. The number of hydrogen-bond acceptors (Lipinski definition) is 5. The fraction of sp³-hybridized carbons (Fsp3) is 0.200. The number of rotatable bonds is 6. The lowest BCUT2D eigenvalue weighted by Crippen LogP contribution is -2.36. The van der Waals surface area contributed by atoms with Crippen molar-refractivity contribution in [2.24, 2.45) is 0 Å². The van der Waals surface area contributed by atoms with Crippen molar-refractivity contribution in [1.29, 1.82) is 0 Å². The Labute approximate surface area is 162 Å². The van der Waals surface area contributed by atoms with E-state index in [-0.39, 0.29) is 23.9 Å². The van der Waals surface area contributed by atoms with Crippen molar-refractivity contribution in [3.8, 4) is 0 Å². The number of carbonyl (C=O) groups is 4. The van der Waals surface area contributed by atoms with Crippen molar-refractivity contribution in [1.82, 2.24) is 0 Å². The first-order chi connectivity index (χ1) is 13.3. The Morgan fingerprint density at radius 2 is 1.54 bits per heavy atom. The maximum absolute atomic E-state index is 12.4. The van der Waals surface area contributed by atoms with Crippen LogP contribution in [-0.2, 0) is 19.1 Å². The minimum atomic E-state index is -0.533. The summed E-state index contributed by atoms with van der Waals surface area (Å²) < 4.78 is 4.68. The van der Waals surface area contributed by atoms with Crippen molar-refractivity contribution in [3.05, 3.63) is 54.1 Å². The highest BCUT2D eigenvalue weighted by Gasteiger charge is 2.17. The van der Waals surface area contributed by atoms with E-state index in [1.165, 1.54) is 31.9 Å². The largest absolute Gasteiger partial charge is 0.465 e. The van der Waals surface area contributed by atoms with Gasteiger partial charge < -0.3 is 20.3 Å². The summed E-state index contributed by atoms with van der Waals surface area (Å²) in [5, 5.41) is 5.32. The molecule has 0 aromatic heterocycles. The monoisotopic (exact) mass is 383 g/mol. The highest BCUT2D eigenvalue weighted by Crippen LogP contribution is 2.18. The van der Waals surface area contributed by atoms with Gasteiger partial charge in [0.1, 0.15) is 6.54 Å². The molecular formula is C20H21N3O5. The van der Waals surface area contributed by atoms with E-state index in [1.54, 1.807) is 42.5 Å². The molecular weight excluding hydrogens is 362 g/mol. The van der Waals surface area contributed by atoms with Crippen LogP contribution >= 0.6 is 0 Å². The maximum atomic E-state index is 12.4. The van der Waals surface area contributed by atoms with Crippen LogP contribution in [0.25, 0.3) is 0 Å². The van der Waals surface area contributed by atoms with Crippen LogP contribution in [0.4, 0.5) is 17.1 Å². The Hall–Kier alpha value is -3.68. The lowest BCUT2D eigenvalue weighted by atomic mass is 10.2. The minimum absolute atomic E-state index is 0.192. The first kappa shape index (κ1) is 20.6. The van der Waals surface area contributed by atoms with E-state index >= 15 is 0 Å². The molecule has 0 aliphatic carbocycles. The Morgan fingerprint density at radius 3 is 2.07 bits per heavy atom. The summed E-state index contributed by atoms with van der Waals surface area (Å²) in [4.78, 5) is 48.4. The molecule has 0 atom stereocenters. The van der Waals surface area contributed by atoms with Gasteiger partial charge in [-0.3, -0.25) is 14.4 Å². The number of ether oxygens (including phenoxy) is 1. The molecule has 0 heterocycles. The van der Waals surface area contributed by atoms with Gasteiger partial charge in [-0.2, -0.15) is 0 Å². The number of anilines is 3. The zero-order valence-corrected chi connectivity index (χ0v) is 15.8. The molecule has 0 bridgehead atoms. The highest BCUT2D eigenvalue weighted by molar-refractivity contribution is 6.02. The van der Waals surface area contributed by atoms with E-state index in [4.69, 9.17) is 0 Å². The molecule has 0 aliphatic heterocycles. The van der Waals surface area contributed by atoms with Gasteiger partial charge >= 0.3 is 5.97 Å². The van der Waals surface area contributed by atoms with Crippen molar-refractivity contribution in [2.45, 2.75) is 13.8 Å². The topological polar surface area (TPSA) is 105 Å². The predicted molar refractivity (Wildman–Crippen MR) is 105 cm³/mol. The van der Waals surface area contributed by atoms with Crippen LogP contribution in [0.5, 0.6) is 0 Å². The van der Waals surface area contributed by atoms with Crippen LogP contribution in [0.15, 0.2) is 48.5 Å². The highest BCUT2D eigenvalue weighted by atomic mass is 16.5. The van der Waals surface area contributed by atoms with Crippen molar-refractivity contribution >= 4 is 40.8 Å². The Balaban J connectivity index is 2.10. The maximum Gasteiger partial charge on any atom is 0.337 e. The zero-order chi connectivity index (χ0) is 20.7. The number of nitrogens with one attached hydrogen (secondary N) is 2. The van der Waals surface area contributed by atoms with Gasteiger partial charge in [0.15, 0.2) is 0 Å². The molecule has 146 valence electrons. The number of methoxy groups -OCH3 is 1. The van der Waals surface area contributed by atoms with Crippen LogP contribution in [0.1, 0.15) is 24.2 Å².